The molecule has 2 heterocycles. The van der Waals surface area contributed by atoms with Gasteiger partial charge in [0.05, 0.1) is 32.6 Å². The van der Waals surface area contributed by atoms with Crippen molar-refractivity contribution in [3.8, 4) is 0 Å². The summed E-state index contributed by atoms with van der Waals surface area (Å²) in [5.74, 6) is 0.536. The van der Waals surface area contributed by atoms with Gasteiger partial charge < -0.3 is 15.2 Å². The van der Waals surface area contributed by atoms with Crippen LogP contribution in [0.3, 0.4) is 0 Å². The van der Waals surface area contributed by atoms with Gasteiger partial charge in [-0.15, -0.1) is 16.8 Å². The quantitative estimate of drug-likeness (QED) is 0.175. The van der Waals surface area contributed by atoms with E-state index in [0.717, 1.165) is 10.2 Å². The maximum absolute atomic E-state index is 13.0. The molecule has 0 radical (unpaired) electrons. The maximum Gasteiger partial charge on any atom is 0.253 e. The van der Waals surface area contributed by atoms with Crippen molar-refractivity contribution >= 4 is 61.9 Å². The molecule has 192 valence electrons. The van der Waals surface area contributed by atoms with Crippen LogP contribution in [0.2, 0.25) is 5.02 Å². The summed E-state index contributed by atoms with van der Waals surface area (Å²) in [4.78, 5) is 30.1. The highest BCUT2D eigenvalue weighted by molar-refractivity contribution is 7.99. The van der Waals surface area contributed by atoms with Gasteiger partial charge in [-0.1, -0.05) is 78.9 Å². The minimum Gasteiger partial charge on any atom is -0.342 e. The Morgan fingerprint density at radius 3 is 2.65 bits per heavy atom. The van der Waals surface area contributed by atoms with Crippen LogP contribution in [0.15, 0.2) is 66.3 Å². The van der Waals surface area contributed by atoms with Crippen molar-refractivity contribution in [2.45, 2.75) is 38.0 Å². The molecular weight excluding hydrogens is 528 g/mol. The number of hydrogen-bond donors (Lipinski definition) is 2. The van der Waals surface area contributed by atoms with Crippen LogP contribution in [0.1, 0.15) is 42.5 Å². The third-order valence-electron chi connectivity index (χ3n) is 5.37. The molecule has 0 fully saturated rings. The number of carbonyl (C=O) groups is 2. The Labute approximate surface area is 228 Å². The first-order valence-corrected chi connectivity index (χ1v) is 13.9. The Hall–Kier alpha value is -3.21. The van der Waals surface area contributed by atoms with E-state index in [1.807, 2.05) is 28.8 Å². The highest BCUT2D eigenvalue weighted by Gasteiger charge is 2.25. The Kier molecular flexibility index (Phi) is 8.96. The topological polar surface area (TPSA) is 102 Å². The molecule has 0 aliphatic heterocycles. The molecule has 4 rings (SSSR count). The average molecular weight is 555 g/mol. The lowest BCUT2D eigenvalue weighted by atomic mass is 10.0. The third kappa shape index (κ3) is 6.76. The van der Waals surface area contributed by atoms with E-state index in [1.165, 1.54) is 23.1 Å². The first kappa shape index (κ1) is 26.8. The van der Waals surface area contributed by atoms with Gasteiger partial charge in [0, 0.05) is 6.54 Å². The van der Waals surface area contributed by atoms with Gasteiger partial charge in [0.2, 0.25) is 5.91 Å². The molecule has 0 aliphatic carbocycles. The SMILES string of the molecule is C=CCn1c(SCC(=O)Nc2nc3ccccc3s2)nnc1[C@@H](CC(C)C)NC(=O)c1ccccc1Cl. The van der Waals surface area contributed by atoms with Crippen LogP contribution < -0.4 is 10.6 Å². The molecule has 0 saturated carbocycles. The van der Waals surface area contributed by atoms with E-state index >= 15 is 0 Å². The fraction of sp³-hybridized carbons (Fsp3) is 0.269. The zero-order valence-corrected chi connectivity index (χ0v) is 22.9. The van der Waals surface area contributed by atoms with Crippen molar-refractivity contribution in [1.82, 2.24) is 25.1 Å². The lowest BCUT2D eigenvalue weighted by Gasteiger charge is -2.21. The molecule has 0 saturated heterocycles. The molecule has 0 spiro atoms. The van der Waals surface area contributed by atoms with Gasteiger partial charge >= 0.3 is 0 Å². The number of hydrogen-bond acceptors (Lipinski definition) is 7. The van der Waals surface area contributed by atoms with Crippen molar-refractivity contribution < 1.29 is 9.59 Å². The fourth-order valence-corrected chi connectivity index (χ4v) is 5.62. The van der Waals surface area contributed by atoms with Gasteiger partial charge in [0.1, 0.15) is 0 Å². The van der Waals surface area contributed by atoms with Crippen LogP contribution in [-0.4, -0.2) is 37.3 Å². The number of fused-ring (bicyclic) bond motifs is 1. The van der Waals surface area contributed by atoms with E-state index in [9.17, 15) is 9.59 Å². The number of nitrogens with zero attached hydrogens (tertiary/aromatic N) is 4. The number of carbonyl (C=O) groups excluding carboxylic acids is 2. The molecule has 11 heteroatoms. The van der Waals surface area contributed by atoms with E-state index < -0.39 is 6.04 Å². The number of thioether (sulfide) groups is 1. The van der Waals surface area contributed by atoms with Gasteiger partial charge in [-0.2, -0.15) is 0 Å². The number of rotatable bonds is 11. The first-order chi connectivity index (χ1) is 17.9. The molecular formula is C26H27ClN6O2S2. The third-order valence-corrected chi connectivity index (χ3v) is 7.62. The number of halogens is 1. The molecule has 0 aliphatic rings. The largest absolute Gasteiger partial charge is 0.342 e. The number of allylic oxidation sites excluding steroid dienone is 1. The van der Waals surface area contributed by atoms with Crippen LogP contribution in [0.5, 0.6) is 0 Å². The number of thiazole rings is 1. The van der Waals surface area contributed by atoms with E-state index in [-0.39, 0.29) is 23.5 Å². The van der Waals surface area contributed by atoms with Crippen LogP contribution in [0.4, 0.5) is 5.13 Å². The van der Waals surface area contributed by atoms with Gasteiger partial charge in [0.25, 0.3) is 5.91 Å². The van der Waals surface area contributed by atoms with Crippen LogP contribution >= 0.6 is 34.7 Å². The van der Waals surface area contributed by atoms with Gasteiger partial charge in [-0.05, 0) is 36.6 Å². The highest BCUT2D eigenvalue weighted by Crippen LogP contribution is 2.28. The van der Waals surface area contributed by atoms with E-state index in [1.54, 1.807) is 30.3 Å². The minimum absolute atomic E-state index is 0.131. The normalized spacial score (nSPS) is 12.0. The summed E-state index contributed by atoms with van der Waals surface area (Å²) in [7, 11) is 0. The zero-order valence-electron chi connectivity index (χ0n) is 20.5. The number of benzene rings is 2. The van der Waals surface area contributed by atoms with E-state index in [2.05, 4.69) is 46.2 Å². The van der Waals surface area contributed by atoms with Gasteiger partial charge in [0.15, 0.2) is 16.1 Å². The summed E-state index contributed by atoms with van der Waals surface area (Å²) in [6.45, 7) is 8.43. The molecule has 8 nitrogen and oxygen atoms in total. The molecule has 37 heavy (non-hydrogen) atoms. The smallest absolute Gasteiger partial charge is 0.253 e. The van der Waals surface area contributed by atoms with Gasteiger partial charge in [-0.25, -0.2) is 4.98 Å². The summed E-state index contributed by atoms with van der Waals surface area (Å²) in [6.07, 6.45) is 2.38. The van der Waals surface area contributed by atoms with Crippen LogP contribution in [-0.2, 0) is 11.3 Å². The zero-order chi connectivity index (χ0) is 26.4. The molecule has 2 amide bonds. The van der Waals surface area contributed by atoms with E-state index in [0.29, 0.717) is 39.7 Å². The summed E-state index contributed by atoms with van der Waals surface area (Å²) in [5.41, 5.74) is 1.25. The van der Waals surface area contributed by atoms with Gasteiger partial charge in [-0.3, -0.25) is 9.59 Å². The Bertz CT molecular complexity index is 1380. The Balaban J connectivity index is 1.49. The molecule has 2 N–H and O–H groups in total. The van der Waals surface area contributed by atoms with Crippen molar-refractivity contribution in [2.75, 3.05) is 11.1 Å². The predicted molar refractivity (Wildman–Crippen MR) is 150 cm³/mol. The fourth-order valence-electron chi connectivity index (χ4n) is 3.76. The number of nitrogens with one attached hydrogen (secondary N) is 2. The molecule has 0 unspecified atom stereocenters. The number of para-hydroxylation sites is 1. The standard InChI is InChI=1S/C26H27ClN6O2S2/c1-4-13-33-23(20(14-16(2)3)28-24(35)17-9-5-6-10-18(17)27)31-32-26(33)36-15-22(34)30-25-29-19-11-7-8-12-21(19)37-25/h4-12,16,20H,1,13-15H2,2-3H3,(H,28,35)(H,29,30,34)/t20-/m1/s1. The number of anilines is 1. The second kappa shape index (κ2) is 12.4. The predicted octanol–water partition coefficient (Wildman–Crippen LogP) is 5.98. The van der Waals surface area contributed by atoms with Crippen molar-refractivity contribution in [1.29, 1.82) is 0 Å². The Morgan fingerprint density at radius 1 is 1.16 bits per heavy atom. The lowest BCUT2D eigenvalue weighted by Crippen LogP contribution is -2.32. The van der Waals surface area contributed by atoms with Crippen LogP contribution in [0, 0.1) is 5.92 Å². The minimum atomic E-state index is -0.401. The number of amides is 2. The molecule has 1 atom stereocenters. The maximum atomic E-state index is 13.0. The summed E-state index contributed by atoms with van der Waals surface area (Å²) in [5, 5.41) is 16.2. The van der Waals surface area contributed by atoms with E-state index in [4.69, 9.17) is 11.6 Å². The molecule has 2 aromatic heterocycles. The molecule has 4 aromatic rings. The monoisotopic (exact) mass is 554 g/mol. The van der Waals surface area contributed by atoms with Crippen molar-refractivity contribution in [3.05, 3.63) is 77.6 Å². The second-order valence-electron chi connectivity index (χ2n) is 8.70. The summed E-state index contributed by atoms with van der Waals surface area (Å²) >= 11 is 8.94. The number of aromatic nitrogens is 4. The summed E-state index contributed by atoms with van der Waals surface area (Å²) < 4.78 is 2.89. The Morgan fingerprint density at radius 2 is 1.92 bits per heavy atom. The lowest BCUT2D eigenvalue weighted by molar-refractivity contribution is -0.113. The van der Waals surface area contributed by atoms with Crippen LogP contribution in [0.25, 0.3) is 10.2 Å². The average Bonchev–Trinajstić information content (AvgIpc) is 3.45. The first-order valence-electron chi connectivity index (χ1n) is 11.7. The highest BCUT2D eigenvalue weighted by atomic mass is 35.5. The second-order valence-corrected chi connectivity index (χ2v) is 11.1. The molecule has 0 bridgehead atoms. The van der Waals surface area contributed by atoms with Crippen molar-refractivity contribution in [2.24, 2.45) is 5.92 Å². The summed E-state index contributed by atoms with van der Waals surface area (Å²) in [6, 6.07) is 14.2. The molecule has 2 aromatic carbocycles. The van der Waals surface area contributed by atoms with Crippen molar-refractivity contribution in [3.63, 3.8) is 0 Å².